The van der Waals surface area contributed by atoms with Crippen LogP contribution in [0.15, 0.2) is 0 Å². The molecule has 13 heavy (non-hydrogen) atoms. The fourth-order valence-corrected chi connectivity index (χ4v) is 0.610. The number of hydrogen-bond donors (Lipinski definition) is 1. The average molecular weight is 213 g/mol. The number of halogens is 1. The number of carboxylic acids is 1. The zero-order chi connectivity index (χ0) is 10.6. The lowest BCUT2D eigenvalue weighted by Crippen LogP contribution is -2.40. The molecular weight excluding hydrogens is 208 g/mol. The zero-order valence-corrected chi connectivity index (χ0v) is 6.93. The average Bonchev–Trinajstić information content (AvgIpc) is 1.99. The summed E-state index contributed by atoms with van der Waals surface area (Å²) in [5.41, 5.74) is 0. The summed E-state index contributed by atoms with van der Waals surface area (Å²) in [7, 11) is 0. The second-order valence-corrected chi connectivity index (χ2v) is 2.73. The number of aliphatic carboxylic acids is 1. The van der Waals surface area contributed by atoms with E-state index in [2.05, 4.69) is 0 Å². The third-order valence-electron chi connectivity index (χ3n) is 1.22. The molecule has 0 aliphatic heterocycles. The van der Waals surface area contributed by atoms with Gasteiger partial charge in [0.25, 0.3) is 0 Å². The molecule has 0 aliphatic rings. The quantitative estimate of drug-likeness (QED) is 0.230. The van der Waals surface area contributed by atoms with Crippen LogP contribution in [0.2, 0.25) is 0 Å². The van der Waals surface area contributed by atoms with Crippen LogP contribution in [0.4, 0.5) is 0 Å². The Morgan fingerprint density at radius 2 is 1.77 bits per heavy atom. The summed E-state index contributed by atoms with van der Waals surface area (Å²) in [6.07, 6.45) is -1.59. The number of carboxylic acid groups (broad SMARTS) is 1. The highest BCUT2D eigenvalue weighted by molar-refractivity contribution is 6.21. The molecule has 0 fully saturated rings. The lowest BCUT2D eigenvalue weighted by atomic mass is 10.2. The van der Waals surface area contributed by atoms with Crippen LogP contribution in [0.25, 0.3) is 0 Å². The predicted octanol–water partition coefficient (Wildman–Crippen LogP) is 0.297. The van der Waals surface area contributed by atoms with Crippen LogP contribution < -0.4 is 0 Å². The Kier molecular flexibility index (Phi) is 3.54. The molecule has 0 heterocycles. The van der Waals surface area contributed by atoms with E-state index in [0.717, 1.165) is 0 Å². The largest absolute Gasteiger partial charge is 0.537 e. The van der Waals surface area contributed by atoms with E-state index in [-0.39, 0.29) is 0 Å². The summed E-state index contributed by atoms with van der Waals surface area (Å²) >= 11 is 4.99. The Hall–Kier alpha value is -1.44. The molecule has 0 rings (SSSR count). The van der Waals surface area contributed by atoms with Gasteiger partial charge in [-0.05, 0) is 0 Å². The van der Waals surface area contributed by atoms with Crippen LogP contribution >= 0.6 is 11.6 Å². The first kappa shape index (κ1) is 11.6. The molecule has 0 atom stereocenters. The Morgan fingerprint density at radius 1 is 1.38 bits per heavy atom. The van der Waals surface area contributed by atoms with E-state index in [1.165, 1.54) is 0 Å². The Labute approximate surface area is 76.4 Å². The minimum absolute atomic E-state index is 0.731. The number of hydrogen-bond acceptors (Lipinski definition) is 5. The van der Waals surface area contributed by atoms with Gasteiger partial charge in [0.15, 0.2) is 0 Å². The minimum atomic E-state index is -2.93. The first-order valence-electron chi connectivity index (χ1n) is 3.00. The van der Waals surface area contributed by atoms with Crippen LogP contribution in [0.5, 0.6) is 0 Å². The van der Waals surface area contributed by atoms with Crippen LogP contribution in [-0.2, 0) is 4.79 Å². The number of rotatable bonds is 5. The van der Waals surface area contributed by atoms with Gasteiger partial charge in [-0.3, -0.25) is 25.0 Å². The summed E-state index contributed by atoms with van der Waals surface area (Å²) in [4.78, 5) is 27.6. The summed E-state index contributed by atoms with van der Waals surface area (Å²) < 4.78 is 0. The summed E-state index contributed by atoms with van der Waals surface area (Å²) in [6.45, 7) is 0. The van der Waals surface area contributed by atoms with Gasteiger partial charge in [-0.15, -0.1) is 0 Å². The molecule has 0 saturated heterocycles. The SMILES string of the molecule is O=C(O)CCC(Cl)([N+](=O)[O-])[N+](=O)[O-]. The highest BCUT2D eigenvalue weighted by atomic mass is 35.5. The molecule has 74 valence electrons. The normalized spacial score (nSPS) is 10.8. The van der Waals surface area contributed by atoms with Crippen LogP contribution in [0.3, 0.4) is 0 Å². The maximum atomic E-state index is 10.1. The van der Waals surface area contributed by atoms with Crippen LogP contribution in [0.1, 0.15) is 12.8 Å². The Balaban J connectivity index is 4.52. The van der Waals surface area contributed by atoms with Crippen LogP contribution in [0, 0.1) is 20.2 Å². The van der Waals surface area contributed by atoms with Crippen molar-refractivity contribution in [2.75, 3.05) is 0 Å². The molecule has 0 aromatic carbocycles. The van der Waals surface area contributed by atoms with Crippen molar-refractivity contribution in [1.82, 2.24) is 0 Å². The van der Waals surface area contributed by atoms with Crippen molar-refractivity contribution in [3.8, 4) is 0 Å². The third-order valence-corrected chi connectivity index (χ3v) is 1.68. The van der Waals surface area contributed by atoms with Gasteiger partial charge in [0.2, 0.25) is 0 Å². The molecule has 9 heteroatoms. The maximum absolute atomic E-state index is 10.1. The summed E-state index contributed by atoms with van der Waals surface area (Å²) in [5.74, 6) is -1.38. The molecule has 8 nitrogen and oxygen atoms in total. The van der Waals surface area contributed by atoms with Crippen molar-refractivity contribution < 1.29 is 19.7 Å². The second kappa shape index (κ2) is 3.99. The monoisotopic (exact) mass is 212 g/mol. The number of nitro groups is 2. The lowest BCUT2D eigenvalue weighted by Gasteiger charge is -2.07. The molecule has 0 spiro atoms. The van der Waals surface area contributed by atoms with E-state index < -0.39 is 33.8 Å². The molecule has 0 bridgehead atoms. The number of nitrogens with zero attached hydrogens (tertiary/aromatic N) is 2. The molecule has 0 radical (unpaired) electrons. The molecule has 0 aromatic rings. The van der Waals surface area contributed by atoms with E-state index >= 15 is 0 Å². The minimum Gasteiger partial charge on any atom is -0.481 e. The van der Waals surface area contributed by atoms with E-state index in [0.29, 0.717) is 0 Å². The molecule has 0 unspecified atom stereocenters. The first-order chi connectivity index (χ1) is 5.80. The van der Waals surface area contributed by atoms with Crippen molar-refractivity contribution >= 4 is 17.6 Å². The van der Waals surface area contributed by atoms with Crippen molar-refractivity contribution in [2.45, 2.75) is 18.0 Å². The summed E-state index contributed by atoms with van der Waals surface area (Å²) in [6, 6.07) is 0. The molecule has 0 aliphatic carbocycles. The highest BCUT2D eigenvalue weighted by Gasteiger charge is 2.54. The van der Waals surface area contributed by atoms with E-state index in [1.54, 1.807) is 0 Å². The zero-order valence-electron chi connectivity index (χ0n) is 6.18. The van der Waals surface area contributed by atoms with Crippen molar-refractivity contribution in [3.63, 3.8) is 0 Å². The lowest BCUT2D eigenvalue weighted by molar-refractivity contribution is -0.766. The standard InChI is InChI=1S/C4H5ClN2O6/c5-4(6(10)11,7(12)13)2-1-3(8)9/h1-2H2,(H,8,9). The maximum Gasteiger partial charge on any atom is 0.537 e. The fraction of sp³-hybridized carbons (Fsp3) is 0.750. The third kappa shape index (κ3) is 2.82. The van der Waals surface area contributed by atoms with Gasteiger partial charge in [-0.1, -0.05) is 0 Å². The van der Waals surface area contributed by atoms with Crippen molar-refractivity contribution in [2.24, 2.45) is 0 Å². The molecular formula is C4H5ClN2O6. The number of carbonyl (C=O) groups is 1. The molecule has 0 aromatic heterocycles. The van der Waals surface area contributed by atoms with Gasteiger partial charge < -0.3 is 5.11 Å². The van der Waals surface area contributed by atoms with Gasteiger partial charge in [-0.2, -0.15) is 0 Å². The van der Waals surface area contributed by atoms with Gasteiger partial charge >= 0.3 is 11.1 Å². The second-order valence-electron chi connectivity index (χ2n) is 2.13. The van der Waals surface area contributed by atoms with E-state index in [4.69, 9.17) is 16.7 Å². The fourth-order valence-electron chi connectivity index (χ4n) is 0.515. The van der Waals surface area contributed by atoms with E-state index in [9.17, 15) is 25.0 Å². The molecule has 0 saturated carbocycles. The first-order valence-corrected chi connectivity index (χ1v) is 3.38. The molecule has 1 N–H and O–H groups in total. The molecule has 0 amide bonds. The van der Waals surface area contributed by atoms with Gasteiger partial charge in [0.05, 0.1) is 6.42 Å². The van der Waals surface area contributed by atoms with Gasteiger partial charge in [0, 0.05) is 11.6 Å². The summed E-state index contributed by atoms with van der Waals surface area (Å²) in [5, 5.41) is 25.4. The Morgan fingerprint density at radius 3 is 2.00 bits per heavy atom. The Bertz CT molecular complexity index is 239. The predicted molar refractivity (Wildman–Crippen MR) is 39.4 cm³/mol. The van der Waals surface area contributed by atoms with Gasteiger partial charge in [-0.25, -0.2) is 0 Å². The highest BCUT2D eigenvalue weighted by Crippen LogP contribution is 2.22. The van der Waals surface area contributed by atoms with Crippen molar-refractivity contribution in [3.05, 3.63) is 20.2 Å². The van der Waals surface area contributed by atoms with Crippen LogP contribution in [-0.4, -0.2) is 26.0 Å². The van der Waals surface area contributed by atoms with Gasteiger partial charge in [0.1, 0.15) is 16.3 Å². The van der Waals surface area contributed by atoms with E-state index in [1.807, 2.05) is 0 Å². The smallest absolute Gasteiger partial charge is 0.481 e. The topological polar surface area (TPSA) is 124 Å². The van der Waals surface area contributed by atoms with Crippen molar-refractivity contribution in [1.29, 1.82) is 0 Å². The number of alkyl halides is 1.